The average Bonchev–Trinajstić information content (AvgIpc) is 2.30. The summed E-state index contributed by atoms with van der Waals surface area (Å²) in [6.45, 7) is 0. The molecule has 0 spiro atoms. The molecule has 1 aromatic carbocycles. The second kappa shape index (κ2) is 4.98. The van der Waals surface area contributed by atoms with Crippen molar-refractivity contribution in [3.8, 4) is 0 Å². The zero-order valence-corrected chi connectivity index (χ0v) is 10.3. The average molecular weight is 288 g/mol. The third-order valence-electron chi connectivity index (χ3n) is 1.93. The first-order valence-electron chi connectivity index (χ1n) is 4.27. The normalized spacial score (nSPS) is 9.69. The van der Waals surface area contributed by atoms with E-state index in [4.69, 9.17) is 5.73 Å². The first-order valence-corrected chi connectivity index (χ1v) is 5.06. The SMILES string of the molecule is COC(=O)c1cc(N)c(Br)c(C(=O)OC)c1. The number of benzene rings is 1. The summed E-state index contributed by atoms with van der Waals surface area (Å²) in [6.07, 6.45) is 0. The zero-order chi connectivity index (χ0) is 12.3. The largest absolute Gasteiger partial charge is 0.465 e. The number of halogens is 1. The molecule has 0 fully saturated rings. The Morgan fingerprint density at radius 3 is 2.25 bits per heavy atom. The number of rotatable bonds is 2. The van der Waals surface area contributed by atoms with E-state index in [2.05, 4.69) is 25.4 Å². The highest BCUT2D eigenvalue weighted by Crippen LogP contribution is 2.26. The number of anilines is 1. The van der Waals surface area contributed by atoms with Crippen molar-refractivity contribution < 1.29 is 19.1 Å². The molecule has 2 N–H and O–H groups in total. The fourth-order valence-electron chi connectivity index (χ4n) is 1.14. The van der Waals surface area contributed by atoms with Gasteiger partial charge in [-0.15, -0.1) is 0 Å². The van der Waals surface area contributed by atoms with Crippen LogP contribution in [0.5, 0.6) is 0 Å². The van der Waals surface area contributed by atoms with E-state index in [0.29, 0.717) is 4.47 Å². The molecule has 1 aromatic rings. The molecule has 0 amide bonds. The van der Waals surface area contributed by atoms with Crippen molar-refractivity contribution in [3.63, 3.8) is 0 Å². The van der Waals surface area contributed by atoms with Gasteiger partial charge in [0.15, 0.2) is 0 Å². The van der Waals surface area contributed by atoms with Gasteiger partial charge in [-0.1, -0.05) is 0 Å². The van der Waals surface area contributed by atoms with E-state index in [1.165, 1.54) is 26.4 Å². The summed E-state index contributed by atoms with van der Waals surface area (Å²) in [5.41, 5.74) is 6.29. The standard InChI is InChI=1S/C10H10BrNO4/c1-15-9(13)5-3-6(10(14)16-2)8(11)7(12)4-5/h3-4H,12H2,1-2H3. The first-order chi connectivity index (χ1) is 7.51. The minimum Gasteiger partial charge on any atom is -0.465 e. The number of methoxy groups -OCH3 is 2. The van der Waals surface area contributed by atoms with E-state index < -0.39 is 11.9 Å². The molecule has 0 unspecified atom stereocenters. The van der Waals surface area contributed by atoms with Crippen LogP contribution in [-0.2, 0) is 9.47 Å². The van der Waals surface area contributed by atoms with Crippen molar-refractivity contribution in [2.45, 2.75) is 0 Å². The molecule has 0 aliphatic rings. The fourth-order valence-corrected chi connectivity index (χ4v) is 1.53. The van der Waals surface area contributed by atoms with E-state index in [1.54, 1.807) is 0 Å². The number of hydrogen-bond acceptors (Lipinski definition) is 5. The van der Waals surface area contributed by atoms with Crippen molar-refractivity contribution in [1.82, 2.24) is 0 Å². The lowest BCUT2D eigenvalue weighted by atomic mass is 10.1. The predicted octanol–water partition coefficient (Wildman–Crippen LogP) is 1.60. The van der Waals surface area contributed by atoms with E-state index in [-0.39, 0.29) is 16.8 Å². The third-order valence-corrected chi connectivity index (χ3v) is 2.81. The quantitative estimate of drug-likeness (QED) is 0.660. The van der Waals surface area contributed by atoms with Crippen LogP contribution in [-0.4, -0.2) is 26.2 Å². The summed E-state index contributed by atoms with van der Waals surface area (Å²) in [4.78, 5) is 22.7. The van der Waals surface area contributed by atoms with Gasteiger partial charge in [0.1, 0.15) is 0 Å². The smallest absolute Gasteiger partial charge is 0.339 e. The van der Waals surface area contributed by atoms with E-state index in [9.17, 15) is 9.59 Å². The van der Waals surface area contributed by atoms with Crippen molar-refractivity contribution in [2.75, 3.05) is 20.0 Å². The molecule has 0 radical (unpaired) electrons. The maximum absolute atomic E-state index is 11.4. The number of ether oxygens (including phenoxy) is 2. The third kappa shape index (κ3) is 2.33. The molecule has 0 aromatic heterocycles. The topological polar surface area (TPSA) is 78.6 Å². The minimum absolute atomic E-state index is 0.183. The van der Waals surface area contributed by atoms with Gasteiger partial charge >= 0.3 is 11.9 Å². The predicted molar refractivity (Wildman–Crippen MR) is 61.2 cm³/mol. The summed E-state index contributed by atoms with van der Waals surface area (Å²) < 4.78 is 9.50. The van der Waals surface area contributed by atoms with Gasteiger partial charge in [0.2, 0.25) is 0 Å². The van der Waals surface area contributed by atoms with Crippen LogP contribution in [0.25, 0.3) is 0 Å². The maximum Gasteiger partial charge on any atom is 0.339 e. The number of carbonyl (C=O) groups is 2. The zero-order valence-electron chi connectivity index (χ0n) is 8.74. The lowest BCUT2D eigenvalue weighted by Gasteiger charge is -2.08. The fraction of sp³-hybridized carbons (Fsp3) is 0.200. The van der Waals surface area contributed by atoms with Gasteiger partial charge < -0.3 is 15.2 Å². The Kier molecular flexibility index (Phi) is 3.89. The van der Waals surface area contributed by atoms with Crippen LogP contribution in [0.15, 0.2) is 16.6 Å². The summed E-state index contributed by atoms with van der Waals surface area (Å²) in [7, 11) is 2.49. The Labute approximate surface area is 101 Å². The summed E-state index contributed by atoms with van der Waals surface area (Å²) in [5, 5.41) is 0. The Hall–Kier alpha value is -1.56. The van der Waals surface area contributed by atoms with Crippen molar-refractivity contribution in [1.29, 1.82) is 0 Å². The lowest BCUT2D eigenvalue weighted by molar-refractivity contribution is 0.0598. The molecular formula is C10H10BrNO4. The molecule has 16 heavy (non-hydrogen) atoms. The first kappa shape index (κ1) is 12.5. The van der Waals surface area contributed by atoms with Gasteiger partial charge in [0.05, 0.1) is 29.8 Å². The summed E-state index contributed by atoms with van der Waals surface area (Å²) in [5.74, 6) is -1.14. The Bertz CT molecular complexity index is 445. The molecule has 0 saturated heterocycles. The van der Waals surface area contributed by atoms with Gasteiger partial charge in [0.25, 0.3) is 0 Å². The Morgan fingerprint density at radius 1 is 1.19 bits per heavy atom. The molecule has 0 bridgehead atoms. The number of esters is 2. The molecular weight excluding hydrogens is 278 g/mol. The molecule has 0 heterocycles. The second-order valence-corrected chi connectivity index (χ2v) is 3.70. The summed E-state index contributed by atoms with van der Waals surface area (Å²) in [6, 6.07) is 2.78. The molecule has 6 heteroatoms. The highest BCUT2D eigenvalue weighted by atomic mass is 79.9. The van der Waals surface area contributed by atoms with E-state index >= 15 is 0 Å². The van der Waals surface area contributed by atoms with Crippen molar-refractivity contribution in [3.05, 3.63) is 27.7 Å². The Morgan fingerprint density at radius 2 is 1.75 bits per heavy atom. The van der Waals surface area contributed by atoms with Crippen LogP contribution in [0.1, 0.15) is 20.7 Å². The molecule has 0 atom stereocenters. The summed E-state index contributed by atoms with van der Waals surface area (Å²) >= 11 is 3.15. The van der Waals surface area contributed by atoms with Gasteiger partial charge in [-0.25, -0.2) is 9.59 Å². The molecule has 0 saturated carbocycles. The molecule has 86 valence electrons. The van der Waals surface area contributed by atoms with Crippen LogP contribution in [0.2, 0.25) is 0 Å². The van der Waals surface area contributed by atoms with Gasteiger partial charge in [-0.05, 0) is 28.1 Å². The number of carbonyl (C=O) groups excluding carboxylic acids is 2. The highest BCUT2D eigenvalue weighted by molar-refractivity contribution is 9.10. The number of nitrogen functional groups attached to an aromatic ring is 1. The highest BCUT2D eigenvalue weighted by Gasteiger charge is 2.17. The maximum atomic E-state index is 11.4. The minimum atomic E-state index is -0.579. The monoisotopic (exact) mass is 287 g/mol. The lowest BCUT2D eigenvalue weighted by Crippen LogP contribution is -2.09. The molecule has 5 nitrogen and oxygen atoms in total. The van der Waals surface area contributed by atoms with Crippen LogP contribution in [0.3, 0.4) is 0 Å². The Balaban J connectivity index is 3.33. The second-order valence-electron chi connectivity index (χ2n) is 2.91. The van der Waals surface area contributed by atoms with Crippen LogP contribution >= 0.6 is 15.9 Å². The van der Waals surface area contributed by atoms with Crippen molar-refractivity contribution in [2.24, 2.45) is 0 Å². The number of nitrogens with two attached hydrogens (primary N) is 1. The van der Waals surface area contributed by atoms with Gasteiger partial charge in [0, 0.05) is 5.69 Å². The van der Waals surface area contributed by atoms with Crippen LogP contribution in [0, 0.1) is 0 Å². The van der Waals surface area contributed by atoms with E-state index in [1.807, 2.05) is 0 Å². The van der Waals surface area contributed by atoms with Crippen LogP contribution in [0.4, 0.5) is 5.69 Å². The molecule has 0 aliphatic heterocycles. The molecule has 1 rings (SSSR count). The van der Waals surface area contributed by atoms with Crippen molar-refractivity contribution >= 4 is 33.6 Å². The van der Waals surface area contributed by atoms with Crippen LogP contribution < -0.4 is 5.73 Å². The van der Waals surface area contributed by atoms with Gasteiger partial charge in [-0.2, -0.15) is 0 Å². The number of hydrogen-bond donors (Lipinski definition) is 1. The van der Waals surface area contributed by atoms with E-state index in [0.717, 1.165) is 0 Å². The molecule has 0 aliphatic carbocycles. The van der Waals surface area contributed by atoms with Gasteiger partial charge in [-0.3, -0.25) is 0 Å².